The van der Waals surface area contributed by atoms with E-state index in [1.807, 2.05) is 0 Å². The van der Waals surface area contributed by atoms with E-state index in [0.717, 1.165) is 38.5 Å². The van der Waals surface area contributed by atoms with Crippen LogP contribution >= 0.6 is 0 Å². The number of phenols is 1. The Hall–Kier alpha value is -3.15. The standard InChI is InChI=1S/C41H62O6/c1-3-5-7-9-11-13-15-17-19-21-23-25-39(43)46-35-29-27-34(28-30-35)41(45)37-32-31-36(33-38(37)42)47-40(44)26-24-22-20-18-16-14-12-10-8-6-4-2/h27-33,42H,3-26H2,1-2H3. The lowest BCUT2D eigenvalue weighted by Crippen LogP contribution is -2.09. The minimum absolute atomic E-state index is 0.108. The highest BCUT2D eigenvalue weighted by Gasteiger charge is 2.16. The van der Waals surface area contributed by atoms with Crippen LogP contribution < -0.4 is 9.47 Å². The van der Waals surface area contributed by atoms with E-state index in [2.05, 4.69) is 13.8 Å². The zero-order chi connectivity index (χ0) is 34.0. The smallest absolute Gasteiger partial charge is 0.311 e. The average molecular weight is 651 g/mol. The molecular weight excluding hydrogens is 588 g/mol. The molecular formula is C41H62O6. The summed E-state index contributed by atoms with van der Waals surface area (Å²) < 4.78 is 10.8. The lowest BCUT2D eigenvalue weighted by Gasteiger charge is -2.09. The molecule has 47 heavy (non-hydrogen) atoms. The number of esters is 2. The van der Waals surface area contributed by atoms with Crippen LogP contribution in [-0.2, 0) is 9.59 Å². The third-order valence-corrected chi connectivity index (χ3v) is 8.76. The van der Waals surface area contributed by atoms with Crippen molar-refractivity contribution in [3.05, 3.63) is 53.6 Å². The highest BCUT2D eigenvalue weighted by molar-refractivity contribution is 6.10. The molecule has 0 aliphatic heterocycles. The Bertz CT molecular complexity index is 1140. The van der Waals surface area contributed by atoms with Gasteiger partial charge in [-0.3, -0.25) is 14.4 Å². The summed E-state index contributed by atoms with van der Waals surface area (Å²) in [5.74, 6) is -0.636. The van der Waals surface area contributed by atoms with Crippen LogP contribution in [0.15, 0.2) is 42.5 Å². The van der Waals surface area contributed by atoms with Crippen molar-refractivity contribution in [2.75, 3.05) is 0 Å². The maximum atomic E-state index is 13.0. The summed E-state index contributed by atoms with van der Waals surface area (Å²) in [6.45, 7) is 4.48. The van der Waals surface area contributed by atoms with Crippen molar-refractivity contribution >= 4 is 17.7 Å². The second-order valence-electron chi connectivity index (χ2n) is 13.1. The molecule has 0 aliphatic carbocycles. The molecule has 0 radical (unpaired) electrons. The number of unbranched alkanes of at least 4 members (excludes halogenated alkanes) is 20. The van der Waals surface area contributed by atoms with Gasteiger partial charge in [0.25, 0.3) is 0 Å². The fraction of sp³-hybridized carbons (Fsp3) is 0.634. The number of carbonyl (C=O) groups is 3. The van der Waals surface area contributed by atoms with Gasteiger partial charge in [0, 0.05) is 24.5 Å². The molecule has 0 atom stereocenters. The van der Waals surface area contributed by atoms with Gasteiger partial charge in [0.2, 0.25) is 0 Å². The normalized spacial score (nSPS) is 11.0. The quantitative estimate of drug-likeness (QED) is 0.0426. The number of carbonyl (C=O) groups excluding carboxylic acids is 3. The fourth-order valence-corrected chi connectivity index (χ4v) is 5.83. The van der Waals surface area contributed by atoms with Crippen molar-refractivity contribution in [2.45, 2.75) is 168 Å². The Morgan fingerprint density at radius 1 is 0.489 bits per heavy atom. The number of ketones is 1. The number of hydrogen-bond donors (Lipinski definition) is 1. The summed E-state index contributed by atoms with van der Waals surface area (Å²) in [6.07, 6.45) is 27.5. The molecule has 0 unspecified atom stereocenters. The number of phenolic OH excluding ortho intramolecular Hbond substituents is 1. The maximum absolute atomic E-state index is 13.0. The van der Waals surface area contributed by atoms with E-state index in [-0.39, 0.29) is 34.8 Å². The average Bonchev–Trinajstić information content (AvgIpc) is 3.06. The number of hydrogen-bond acceptors (Lipinski definition) is 6. The van der Waals surface area contributed by atoms with Gasteiger partial charge in [0.1, 0.15) is 17.2 Å². The van der Waals surface area contributed by atoms with E-state index in [1.165, 1.54) is 121 Å². The van der Waals surface area contributed by atoms with E-state index in [4.69, 9.17) is 9.47 Å². The Morgan fingerprint density at radius 2 is 0.851 bits per heavy atom. The predicted molar refractivity (Wildman–Crippen MR) is 191 cm³/mol. The number of rotatable bonds is 28. The monoisotopic (exact) mass is 650 g/mol. The Labute approximate surface area is 285 Å². The summed E-state index contributed by atoms with van der Waals surface area (Å²) in [5, 5.41) is 10.5. The summed E-state index contributed by atoms with van der Waals surface area (Å²) in [6, 6.07) is 10.6. The number of benzene rings is 2. The Kier molecular flexibility index (Phi) is 22.0. The molecule has 0 saturated carbocycles. The minimum Gasteiger partial charge on any atom is -0.507 e. The van der Waals surface area contributed by atoms with Gasteiger partial charge in [-0.15, -0.1) is 0 Å². The first kappa shape index (κ1) is 40.0. The van der Waals surface area contributed by atoms with E-state index in [1.54, 1.807) is 24.3 Å². The summed E-state index contributed by atoms with van der Waals surface area (Å²) in [7, 11) is 0. The SMILES string of the molecule is CCCCCCCCCCCCCC(=O)Oc1ccc(C(=O)c2ccc(OC(=O)CCCCCCCCCCCCC)cc2O)cc1. The topological polar surface area (TPSA) is 89.9 Å². The lowest BCUT2D eigenvalue weighted by molar-refractivity contribution is -0.135. The summed E-state index contributed by atoms with van der Waals surface area (Å²) in [4.78, 5) is 37.6. The zero-order valence-corrected chi connectivity index (χ0v) is 29.5. The first-order chi connectivity index (χ1) is 22.9. The van der Waals surface area contributed by atoms with Crippen LogP contribution in [0.4, 0.5) is 0 Å². The molecule has 2 aromatic carbocycles. The third-order valence-electron chi connectivity index (χ3n) is 8.76. The number of aromatic hydroxyl groups is 1. The first-order valence-corrected chi connectivity index (χ1v) is 18.8. The summed E-state index contributed by atoms with van der Waals surface area (Å²) in [5.41, 5.74) is 0.461. The molecule has 6 heteroatoms. The van der Waals surface area contributed by atoms with Gasteiger partial charge in [-0.2, -0.15) is 0 Å². The van der Waals surface area contributed by atoms with Crippen LogP contribution in [0.5, 0.6) is 17.2 Å². The van der Waals surface area contributed by atoms with Crippen molar-refractivity contribution in [2.24, 2.45) is 0 Å². The van der Waals surface area contributed by atoms with E-state index in [0.29, 0.717) is 24.2 Å². The van der Waals surface area contributed by atoms with E-state index >= 15 is 0 Å². The maximum Gasteiger partial charge on any atom is 0.311 e. The van der Waals surface area contributed by atoms with Gasteiger partial charge in [0.15, 0.2) is 5.78 Å². The van der Waals surface area contributed by atoms with Crippen LogP contribution in [0.25, 0.3) is 0 Å². The molecule has 0 saturated heterocycles. The van der Waals surface area contributed by atoms with E-state index in [9.17, 15) is 19.5 Å². The van der Waals surface area contributed by atoms with Gasteiger partial charge in [0.05, 0.1) is 5.56 Å². The predicted octanol–water partition coefficient (Wildman–Crippen LogP) is 11.8. The minimum atomic E-state index is -0.375. The summed E-state index contributed by atoms with van der Waals surface area (Å²) >= 11 is 0. The van der Waals surface area contributed by atoms with E-state index < -0.39 is 0 Å². The van der Waals surface area contributed by atoms with Crippen molar-refractivity contribution in [1.29, 1.82) is 0 Å². The zero-order valence-electron chi connectivity index (χ0n) is 29.5. The second kappa shape index (κ2) is 25.9. The van der Waals surface area contributed by atoms with Gasteiger partial charge in [-0.05, 0) is 49.2 Å². The van der Waals surface area contributed by atoms with Crippen molar-refractivity contribution in [3.8, 4) is 17.2 Å². The molecule has 0 spiro atoms. The van der Waals surface area contributed by atoms with Gasteiger partial charge < -0.3 is 14.6 Å². The highest BCUT2D eigenvalue weighted by atomic mass is 16.5. The van der Waals surface area contributed by atoms with Crippen LogP contribution in [0, 0.1) is 0 Å². The van der Waals surface area contributed by atoms with Crippen LogP contribution in [0.1, 0.15) is 184 Å². The van der Waals surface area contributed by atoms with Crippen LogP contribution in [-0.4, -0.2) is 22.8 Å². The van der Waals surface area contributed by atoms with Crippen molar-refractivity contribution < 1.29 is 29.0 Å². The lowest BCUT2D eigenvalue weighted by atomic mass is 10.0. The molecule has 6 nitrogen and oxygen atoms in total. The molecule has 0 fully saturated rings. The van der Waals surface area contributed by atoms with Gasteiger partial charge >= 0.3 is 11.9 Å². The van der Waals surface area contributed by atoms with Crippen LogP contribution in [0.3, 0.4) is 0 Å². The molecule has 1 N–H and O–H groups in total. The molecule has 0 bridgehead atoms. The molecule has 0 aromatic heterocycles. The molecule has 262 valence electrons. The first-order valence-electron chi connectivity index (χ1n) is 18.8. The third kappa shape index (κ3) is 18.7. The second-order valence-corrected chi connectivity index (χ2v) is 13.1. The fourth-order valence-electron chi connectivity index (χ4n) is 5.83. The molecule has 2 aromatic rings. The highest BCUT2D eigenvalue weighted by Crippen LogP contribution is 2.27. The van der Waals surface area contributed by atoms with Crippen LogP contribution in [0.2, 0.25) is 0 Å². The van der Waals surface area contributed by atoms with Crippen molar-refractivity contribution in [3.63, 3.8) is 0 Å². The Balaban J connectivity index is 1.63. The molecule has 2 rings (SSSR count). The van der Waals surface area contributed by atoms with Gasteiger partial charge in [-0.1, -0.05) is 142 Å². The largest absolute Gasteiger partial charge is 0.507 e. The number of ether oxygens (including phenoxy) is 2. The van der Waals surface area contributed by atoms with Crippen molar-refractivity contribution in [1.82, 2.24) is 0 Å². The molecule has 0 aliphatic rings. The van der Waals surface area contributed by atoms with Gasteiger partial charge in [-0.25, -0.2) is 0 Å². The Morgan fingerprint density at radius 3 is 1.26 bits per heavy atom. The molecule has 0 amide bonds. The molecule has 0 heterocycles.